The number of piperidine rings is 2. The molecule has 19 nitrogen and oxygen atoms in total. The lowest BCUT2D eigenvalue weighted by Crippen LogP contribution is -2.49. The molecule has 9 rings (SSSR count). The first-order chi connectivity index (χ1) is 27.3. The van der Waals surface area contributed by atoms with Gasteiger partial charge in [-0.1, -0.05) is 0 Å². The number of aromatic nitrogens is 10. The lowest BCUT2D eigenvalue weighted by atomic mass is 9.90. The van der Waals surface area contributed by atoms with E-state index in [1.807, 2.05) is 64.3 Å². The van der Waals surface area contributed by atoms with Gasteiger partial charge in [0.1, 0.15) is 23.8 Å². The van der Waals surface area contributed by atoms with Crippen LogP contribution in [-0.4, -0.2) is 120 Å². The quantitative estimate of drug-likeness (QED) is 0.228. The Kier molecular flexibility index (Phi) is 9.70. The Morgan fingerprint density at radius 2 is 1.37 bits per heavy atom. The van der Waals surface area contributed by atoms with Crippen molar-refractivity contribution in [2.75, 3.05) is 37.8 Å². The molecule has 0 spiro atoms. The monoisotopic (exact) mass is 780 g/mol. The average Bonchev–Trinajstić information content (AvgIpc) is 4.03. The zero-order valence-electron chi connectivity index (χ0n) is 32.7. The van der Waals surface area contributed by atoms with Crippen LogP contribution in [0.2, 0.25) is 0 Å². The van der Waals surface area contributed by atoms with Gasteiger partial charge in [-0.15, -0.1) is 0 Å². The summed E-state index contributed by atoms with van der Waals surface area (Å²) < 4.78 is 17.4. The smallest absolute Gasteiger partial charge is 0.410 e. The predicted octanol–water partition coefficient (Wildman–Crippen LogP) is 3.60. The van der Waals surface area contributed by atoms with Crippen LogP contribution < -0.4 is 11.5 Å². The molecule has 5 N–H and O–H groups in total. The SMILES string of the molecule is Cn1cc(-c2cnn3c(N)cc([C@H]4CC[C@@H](CO)N(C(=O)OC(C)(C)C)C4)nc23)cn1.Cn1cc(-c2cnn3c(N)cc([C@H]4CC[C@H]5COC(=O)N5C4)nc23)cn1. The molecule has 2 amide bonds. The van der Waals surface area contributed by atoms with Crippen molar-refractivity contribution < 1.29 is 24.2 Å². The van der Waals surface area contributed by atoms with Gasteiger partial charge in [0, 0.05) is 85.8 Å². The van der Waals surface area contributed by atoms with Crippen molar-refractivity contribution in [1.29, 1.82) is 0 Å². The number of ether oxygens (including phenoxy) is 2. The van der Waals surface area contributed by atoms with Gasteiger partial charge >= 0.3 is 12.2 Å². The molecule has 0 unspecified atom stereocenters. The van der Waals surface area contributed by atoms with Crippen molar-refractivity contribution in [2.24, 2.45) is 14.1 Å². The van der Waals surface area contributed by atoms with Crippen molar-refractivity contribution in [3.05, 3.63) is 60.7 Å². The lowest BCUT2D eigenvalue weighted by molar-refractivity contribution is -0.00119. The topological polar surface area (TPSA) is 227 Å². The number of aliphatic hydroxyl groups is 1. The van der Waals surface area contributed by atoms with Crippen LogP contribution in [0.3, 0.4) is 0 Å². The summed E-state index contributed by atoms with van der Waals surface area (Å²) in [5.41, 5.74) is 18.5. The second-order valence-electron chi connectivity index (χ2n) is 16.0. The Hall–Kier alpha value is -6.24. The first-order valence-electron chi connectivity index (χ1n) is 19.1. The highest BCUT2D eigenvalue weighted by Crippen LogP contribution is 2.35. The van der Waals surface area contributed by atoms with E-state index in [1.54, 1.807) is 48.1 Å². The van der Waals surface area contributed by atoms with Crippen LogP contribution in [0.15, 0.2) is 49.3 Å². The summed E-state index contributed by atoms with van der Waals surface area (Å²) in [5, 5.41) is 27.0. The molecule has 0 saturated carbocycles. The van der Waals surface area contributed by atoms with Gasteiger partial charge in [-0.05, 0) is 46.5 Å². The van der Waals surface area contributed by atoms with Crippen molar-refractivity contribution in [3.8, 4) is 22.3 Å². The number of anilines is 2. The average molecular weight is 781 g/mol. The Morgan fingerprint density at radius 1 is 0.825 bits per heavy atom. The minimum absolute atomic E-state index is 0.0285. The fraction of sp³-hybridized carbons (Fsp3) is 0.474. The van der Waals surface area contributed by atoms with Gasteiger partial charge in [-0.2, -0.15) is 29.4 Å². The number of likely N-dealkylation sites (tertiary alicyclic amines) is 1. The number of fused-ring (bicyclic) bond motifs is 3. The molecule has 6 aromatic rings. The third kappa shape index (κ3) is 7.41. The molecule has 3 aliphatic heterocycles. The molecule has 57 heavy (non-hydrogen) atoms. The molecule has 0 aromatic carbocycles. The highest BCUT2D eigenvalue weighted by Gasteiger charge is 2.39. The van der Waals surface area contributed by atoms with E-state index in [0.29, 0.717) is 49.0 Å². The third-order valence-electron chi connectivity index (χ3n) is 10.8. The summed E-state index contributed by atoms with van der Waals surface area (Å²) in [6.07, 6.45) is 13.5. The molecule has 3 fully saturated rings. The largest absolute Gasteiger partial charge is 0.447 e. The van der Waals surface area contributed by atoms with Gasteiger partial charge in [0.05, 0.1) is 54.9 Å². The maximum absolute atomic E-state index is 12.8. The Morgan fingerprint density at radius 3 is 1.88 bits per heavy atom. The number of cyclic esters (lactones) is 1. The van der Waals surface area contributed by atoms with E-state index >= 15 is 0 Å². The summed E-state index contributed by atoms with van der Waals surface area (Å²) in [5.74, 6) is 1.12. The van der Waals surface area contributed by atoms with Gasteiger partial charge in [0.25, 0.3) is 0 Å². The first kappa shape index (κ1) is 37.7. The summed E-state index contributed by atoms with van der Waals surface area (Å²) in [6.45, 7) is 6.89. The molecule has 300 valence electrons. The van der Waals surface area contributed by atoms with Crippen LogP contribution in [-0.2, 0) is 23.6 Å². The molecular weight excluding hydrogens is 733 g/mol. The number of aryl methyl sites for hydroxylation is 2. The molecule has 6 aromatic heterocycles. The molecule has 9 heterocycles. The lowest BCUT2D eigenvalue weighted by Gasteiger charge is -2.39. The number of rotatable bonds is 5. The zero-order valence-corrected chi connectivity index (χ0v) is 32.7. The third-order valence-corrected chi connectivity index (χ3v) is 10.8. The highest BCUT2D eigenvalue weighted by molar-refractivity contribution is 5.78. The molecule has 3 aliphatic rings. The normalized spacial score (nSPS) is 21.1. The maximum atomic E-state index is 12.8. The molecule has 4 atom stereocenters. The van der Waals surface area contributed by atoms with Gasteiger partial charge in [0.2, 0.25) is 0 Å². The van der Waals surface area contributed by atoms with E-state index in [0.717, 1.165) is 52.9 Å². The van der Waals surface area contributed by atoms with Crippen LogP contribution in [0.5, 0.6) is 0 Å². The minimum Gasteiger partial charge on any atom is -0.447 e. The number of carbonyl (C=O) groups excluding carboxylic acids is 2. The van der Waals surface area contributed by atoms with E-state index < -0.39 is 11.7 Å². The van der Waals surface area contributed by atoms with Crippen LogP contribution in [0.4, 0.5) is 21.2 Å². The fourth-order valence-electron chi connectivity index (χ4n) is 7.88. The number of hydrogen-bond donors (Lipinski definition) is 3. The number of carbonyl (C=O) groups is 2. The Balaban J connectivity index is 0.000000162. The van der Waals surface area contributed by atoms with Crippen molar-refractivity contribution in [1.82, 2.24) is 58.6 Å². The Bertz CT molecular complexity index is 2440. The van der Waals surface area contributed by atoms with E-state index in [-0.39, 0.29) is 36.6 Å². The van der Waals surface area contributed by atoms with Crippen molar-refractivity contribution in [3.63, 3.8) is 0 Å². The number of nitrogens with two attached hydrogens (primary N) is 2. The summed E-state index contributed by atoms with van der Waals surface area (Å²) >= 11 is 0. The number of nitrogens with zero attached hydrogens (tertiary/aromatic N) is 12. The van der Waals surface area contributed by atoms with Crippen LogP contribution >= 0.6 is 0 Å². The molecule has 3 saturated heterocycles. The van der Waals surface area contributed by atoms with Gasteiger partial charge < -0.3 is 35.8 Å². The zero-order chi connectivity index (χ0) is 40.2. The van der Waals surface area contributed by atoms with Crippen LogP contribution in [0.1, 0.15) is 69.7 Å². The summed E-state index contributed by atoms with van der Waals surface area (Å²) in [4.78, 5) is 37.8. The predicted molar refractivity (Wildman–Crippen MR) is 209 cm³/mol. The highest BCUT2D eigenvalue weighted by atomic mass is 16.6. The number of nitrogen functional groups attached to an aromatic ring is 2. The standard InChI is InChI=1S/C21H29N7O3.C17H19N7O2/c1-21(2,3)31-20(30)27-11-13(5-6-15(27)12-29)17-7-18(22)28-19(25-17)16(9-24-28)14-8-23-26(4)10-14;1-22-7-11(5-19-22)13-6-20-24-15(18)4-14(21-16(13)24)10-2-3-12-9-26-17(25)23(12)8-10/h7-10,13,15,29H,5-6,11-12,22H2,1-4H3;4-7,10,12H,2-3,8-9,18H2,1H3/t13-,15-;10-,12-/m00/s1. The van der Waals surface area contributed by atoms with E-state index in [9.17, 15) is 14.7 Å². The second-order valence-corrected chi connectivity index (χ2v) is 16.0. The summed E-state index contributed by atoms with van der Waals surface area (Å²) in [6, 6.07) is 3.60. The minimum atomic E-state index is -0.609. The Labute approximate surface area is 328 Å². The van der Waals surface area contributed by atoms with E-state index in [4.69, 9.17) is 30.9 Å². The van der Waals surface area contributed by atoms with Crippen LogP contribution in [0.25, 0.3) is 33.5 Å². The first-order valence-corrected chi connectivity index (χ1v) is 19.1. The van der Waals surface area contributed by atoms with E-state index in [1.165, 1.54) is 0 Å². The number of amides is 2. The fourth-order valence-corrected chi connectivity index (χ4v) is 7.88. The molecular formula is C38H48N14O5. The number of hydrogen-bond acceptors (Lipinski definition) is 13. The van der Waals surface area contributed by atoms with Crippen molar-refractivity contribution in [2.45, 2.75) is 76.0 Å². The van der Waals surface area contributed by atoms with Gasteiger partial charge in [-0.25, -0.2) is 19.6 Å². The second kappa shape index (κ2) is 14.7. The molecule has 19 heteroatoms. The molecule has 0 radical (unpaired) electrons. The maximum Gasteiger partial charge on any atom is 0.410 e. The molecule has 0 aliphatic carbocycles. The van der Waals surface area contributed by atoms with Gasteiger partial charge in [0.15, 0.2) is 11.3 Å². The van der Waals surface area contributed by atoms with Crippen molar-refractivity contribution >= 4 is 35.1 Å². The van der Waals surface area contributed by atoms with Gasteiger partial charge in [-0.3, -0.25) is 9.36 Å². The number of aliphatic hydroxyl groups excluding tert-OH is 1. The summed E-state index contributed by atoms with van der Waals surface area (Å²) in [7, 11) is 3.73. The van der Waals surface area contributed by atoms with Crippen LogP contribution in [0, 0.1) is 0 Å². The molecule has 0 bridgehead atoms. The van der Waals surface area contributed by atoms with E-state index in [2.05, 4.69) is 20.4 Å².